The van der Waals surface area contributed by atoms with Crippen molar-refractivity contribution in [3.63, 3.8) is 0 Å². The summed E-state index contributed by atoms with van der Waals surface area (Å²) in [6.45, 7) is 3.21. The SMILES string of the molecule is CCOC(=O)C1=C(COC(=O)[C@@H]2CS[C@@]3(c4ccccc4)CCC(=O)N23)NC(=O)N[C@@H]1C. The molecule has 0 spiro atoms. The van der Waals surface area contributed by atoms with E-state index in [4.69, 9.17) is 9.47 Å². The third kappa shape index (κ3) is 3.83. The predicted molar refractivity (Wildman–Crippen MR) is 116 cm³/mol. The summed E-state index contributed by atoms with van der Waals surface area (Å²) in [5, 5.41) is 5.13. The lowest BCUT2D eigenvalue weighted by Crippen LogP contribution is -2.50. The highest BCUT2D eigenvalue weighted by Crippen LogP contribution is 2.54. The van der Waals surface area contributed by atoms with E-state index in [1.165, 1.54) is 0 Å². The number of hydrogen-bond acceptors (Lipinski definition) is 7. The Morgan fingerprint density at radius 2 is 1.97 bits per heavy atom. The molecule has 0 unspecified atom stereocenters. The van der Waals surface area contributed by atoms with Crippen LogP contribution in [0.15, 0.2) is 41.6 Å². The number of rotatable bonds is 6. The van der Waals surface area contributed by atoms with Crippen LogP contribution < -0.4 is 10.6 Å². The summed E-state index contributed by atoms with van der Waals surface area (Å²) in [5.74, 6) is -0.835. The number of nitrogens with one attached hydrogen (secondary N) is 2. The lowest BCUT2D eigenvalue weighted by atomic mass is 10.0. The van der Waals surface area contributed by atoms with Gasteiger partial charge in [0.2, 0.25) is 5.91 Å². The van der Waals surface area contributed by atoms with Gasteiger partial charge in [0.15, 0.2) is 0 Å². The molecule has 0 aliphatic carbocycles. The van der Waals surface area contributed by atoms with Crippen LogP contribution in [0, 0.1) is 0 Å². The smallest absolute Gasteiger partial charge is 0.338 e. The predicted octanol–water partition coefficient (Wildman–Crippen LogP) is 1.64. The van der Waals surface area contributed by atoms with E-state index in [0.29, 0.717) is 18.6 Å². The van der Waals surface area contributed by atoms with E-state index in [1.807, 2.05) is 30.3 Å². The van der Waals surface area contributed by atoms with Gasteiger partial charge in [0.05, 0.1) is 23.9 Å². The maximum atomic E-state index is 13.0. The molecule has 3 aliphatic rings. The van der Waals surface area contributed by atoms with E-state index in [9.17, 15) is 19.2 Å². The first-order valence-electron chi connectivity index (χ1n) is 10.5. The number of esters is 2. The minimum absolute atomic E-state index is 0.0870. The average Bonchev–Trinajstić information content (AvgIpc) is 3.31. The number of carbonyl (C=O) groups excluding carboxylic acids is 4. The second-order valence-electron chi connectivity index (χ2n) is 7.78. The van der Waals surface area contributed by atoms with Gasteiger partial charge in [0.25, 0.3) is 0 Å². The van der Waals surface area contributed by atoms with Gasteiger partial charge in [0, 0.05) is 12.2 Å². The van der Waals surface area contributed by atoms with Gasteiger partial charge in [0.1, 0.15) is 17.5 Å². The van der Waals surface area contributed by atoms with E-state index in [2.05, 4.69) is 10.6 Å². The zero-order valence-corrected chi connectivity index (χ0v) is 18.7. The highest BCUT2D eigenvalue weighted by atomic mass is 32.2. The fourth-order valence-corrected chi connectivity index (χ4v) is 6.08. The molecule has 0 saturated carbocycles. The van der Waals surface area contributed by atoms with Crippen LogP contribution in [0.4, 0.5) is 4.79 Å². The van der Waals surface area contributed by atoms with Crippen molar-refractivity contribution in [2.24, 2.45) is 0 Å². The first-order valence-corrected chi connectivity index (χ1v) is 11.5. The zero-order chi connectivity index (χ0) is 22.9. The lowest BCUT2D eigenvalue weighted by Gasteiger charge is -2.33. The highest BCUT2D eigenvalue weighted by molar-refractivity contribution is 8.00. The van der Waals surface area contributed by atoms with Gasteiger partial charge < -0.3 is 25.0 Å². The van der Waals surface area contributed by atoms with Crippen molar-refractivity contribution in [2.45, 2.75) is 43.6 Å². The Morgan fingerprint density at radius 1 is 1.22 bits per heavy atom. The van der Waals surface area contributed by atoms with Crippen molar-refractivity contribution >= 4 is 35.6 Å². The molecule has 9 nitrogen and oxygen atoms in total. The van der Waals surface area contributed by atoms with Crippen molar-refractivity contribution in [1.82, 2.24) is 15.5 Å². The molecule has 3 amide bonds. The number of thioether (sulfide) groups is 1. The molecule has 0 radical (unpaired) electrons. The topological polar surface area (TPSA) is 114 Å². The Labute approximate surface area is 189 Å². The Kier molecular flexibility index (Phi) is 6.14. The number of hydrogen-bond donors (Lipinski definition) is 2. The van der Waals surface area contributed by atoms with Crippen LogP contribution >= 0.6 is 11.8 Å². The van der Waals surface area contributed by atoms with Gasteiger partial charge in [-0.15, -0.1) is 11.8 Å². The van der Waals surface area contributed by atoms with Crippen LogP contribution in [0.25, 0.3) is 0 Å². The monoisotopic (exact) mass is 459 g/mol. The zero-order valence-electron chi connectivity index (χ0n) is 17.9. The molecule has 170 valence electrons. The molecule has 1 aromatic carbocycles. The van der Waals surface area contributed by atoms with Crippen molar-refractivity contribution in [1.29, 1.82) is 0 Å². The Hall–Kier alpha value is -3.01. The number of urea groups is 1. The molecule has 2 N–H and O–H groups in total. The van der Waals surface area contributed by atoms with E-state index >= 15 is 0 Å². The summed E-state index contributed by atoms with van der Waals surface area (Å²) in [7, 11) is 0. The lowest BCUT2D eigenvalue weighted by molar-refractivity contribution is -0.153. The molecule has 3 atom stereocenters. The molecule has 32 heavy (non-hydrogen) atoms. The summed E-state index contributed by atoms with van der Waals surface area (Å²) in [5.41, 5.74) is 1.37. The van der Waals surface area contributed by atoms with Crippen molar-refractivity contribution in [3.8, 4) is 0 Å². The molecule has 0 aromatic heterocycles. The number of ether oxygens (including phenoxy) is 2. The van der Waals surface area contributed by atoms with Gasteiger partial charge in [-0.05, 0) is 25.8 Å². The van der Waals surface area contributed by atoms with E-state index < -0.39 is 34.9 Å². The van der Waals surface area contributed by atoms with Crippen molar-refractivity contribution in [2.75, 3.05) is 19.0 Å². The largest absolute Gasteiger partial charge is 0.463 e. The summed E-state index contributed by atoms with van der Waals surface area (Å²) in [4.78, 5) is 51.1. The maximum absolute atomic E-state index is 13.0. The average molecular weight is 460 g/mol. The second-order valence-corrected chi connectivity index (χ2v) is 9.08. The van der Waals surface area contributed by atoms with Crippen molar-refractivity contribution in [3.05, 3.63) is 47.2 Å². The number of fused-ring (bicyclic) bond motifs is 1. The third-order valence-corrected chi connectivity index (χ3v) is 7.44. The fraction of sp³-hybridized carbons (Fsp3) is 0.455. The number of nitrogens with zero attached hydrogens (tertiary/aromatic N) is 1. The van der Waals surface area contributed by atoms with Crippen LogP contribution in [0.2, 0.25) is 0 Å². The molecular formula is C22H25N3O6S. The molecular weight excluding hydrogens is 434 g/mol. The number of carbonyl (C=O) groups is 4. The van der Waals surface area contributed by atoms with Crippen LogP contribution in [0.3, 0.4) is 0 Å². The summed E-state index contributed by atoms with van der Waals surface area (Å²) < 4.78 is 10.6. The van der Waals surface area contributed by atoms with Crippen LogP contribution in [0.1, 0.15) is 32.3 Å². The Bertz CT molecular complexity index is 981. The molecule has 1 aromatic rings. The molecule has 2 fully saturated rings. The molecule has 0 bridgehead atoms. The Morgan fingerprint density at radius 3 is 2.69 bits per heavy atom. The first-order chi connectivity index (χ1) is 15.4. The number of amides is 3. The van der Waals surface area contributed by atoms with Crippen molar-refractivity contribution < 1.29 is 28.7 Å². The van der Waals surface area contributed by atoms with Gasteiger partial charge in [-0.25, -0.2) is 14.4 Å². The van der Waals surface area contributed by atoms with Crippen LogP contribution in [0.5, 0.6) is 0 Å². The summed E-state index contributed by atoms with van der Waals surface area (Å²) >= 11 is 1.57. The van der Waals surface area contributed by atoms with Crippen LogP contribution in [-0.2, 0) is 28.7 Å². The van der Waals surface area contributed by atoms with E-state index in [1.54, 1.807) is 30.5 Å². The minimum Gasteiger partial charge on any atom is -0.463 e. The van der Waals surface area contributed by atoms with E-state index in [-0.39, 0.29) is 30.4 Å². The summed E-state index contributed by atoms with van der Waals surface area (Å²) in [6, 6.07) is 7.86. The van der Waals surface area contributed by atoms with Gasteiger partial charge in [-0.1, -0.05) is 30.3 Å². The second kappa shape index (κ2) is 8.85. The standard InChI is InChI=1S/C22H25N3O6S/c1-3-30-20(28)18-13(2)23-21(29)24-15(18)11-31-19(27)16-12-32-22(10-9-17(26)25(16)22)14-7-5-4-6-8-14/h4-8,13,16H,3,9-12H2,1-2H3,(H2,23,24,29)/t13-,16+,22-/m1/s1. The molecule has 10 heteroatoms. The van der Waals surface area contributed by atoms with Gasteiger partial charge >= 0.3 is 18.0 Å². The molecule has 2 saturated heterocycles. The normalized spacial score (nSPS) is 27.0. The van der Waals surface area contributed by atoms with Gasteiger partial charge in [-0.3, -0.25) is 4.79 Å². The molecule has 3 heterocycles. The minimum atomic E-state index is -0.739. The number of benzene rings is 1. The molecule has 3 aliphatic heterocycles. The fourth-order valence-electron chi connectivity index (χ4n) is 4.45. The highest BCUT2D eigenvalue weighted by Gasteiger charge is 2.57. The van der Waals surface area contributed by atoms with Crippen LogP contribution in [-0.4, -0.2) is 59.8 Å². The molecule has 4 rings (SSSR count). The summed E-state index contributed by atoms with van der Waals surface area (Å²) in [6.07, 6.45) is 0.991. The first kappa shape index (κ1) is 22.2. The van der Waals surface area contributed by atoms with E-state index in [0.717, 1.165) is 5.56 Å². The Balaban J connectivity index is 1.53. The van der Waals surface area contributed by atoms with Gasteiger partial charge in [-0.2, -0.15) is 0 Å². The third-order valence-electron chi connectivity index (χ3n) is 5.85. The quantitative estimate of drug-likeness (QED) is 0.622. The maximum Gasteiger partial charge on any atom is 0.338 e.